The summed E-state index contributed by atoms with van der Waals surface area (Å²) in [6.07, 6.45) is 0. The molecule has 0 amide bonds. The van der Waals surface area contributed by atoms with Gasteiger partial charge in [0, 0.05) is 0 Å². The summed E-state index contributed by atoms with van der Waals surface area (Å²) in [7, 11) is 0. The van der Waals surface area contributed by atoms with Crippen molar-refractivity contribution in [3.05, 3.63) is 28.8 Å². The van der Waals surface area contributed by atoms with Crippen LogP contribution in [0.25, 0.3) is 10.2 Å². The van der Waals surface area contributed by atoms with Crippen LogP contribution in [-0.2, 0) is 5.33 Å². The van der Waals surface area contributed by atoms with Crippen LogP contribution in [0.4, 0.5) is 0 Å². The maximum absolute atomic E-state index is 8.68. The first-order valence-corrected chi connectivity index (χ1v) is 5.63. The molecule has 0 spiro atoms. The number of hydrogen-bond donors (Lipinski definition) is 0. The molecule has 2 aromatic rings. The summed E-state index contributed by atoms with van der Waals surface area (Å²) in [5.41, 5.74) is 1.58. The van der Waals surface area contributed by atoms with Gasteiger partial charge >= 0.3 is 0 Å². The van der Waals surface area contributed by atoms with Gasteiger partial charge in [-0.2, -0.15) is 5.26 Å². The van der Waals surface area contributed by atoms with E-state index in [9.17, 15) is 0 Å². The summed E-state index contributed by atoms with van der Waals surface area (Å²) in [4.78, 5) is 4.36. The Morgan fingerprint density at radius 3 is 3.08 bits per heavy atom. The molecule has 1 aromatic carbocycles. The third-order valence-corrected chi connectivity index (χ3v) is 3.61. The van der Waals surface area contributed by atoms with Crippen molar-refractivity contribution in [1.29, 1.82) is 5.26 Å². The molecule has 1 aromatic heterocycles. The van der Waals surface area contributed by atoms with E-state index in [4.69, 9.17) is 5.26 Å². The lowest BCUT2D eigenvalue weighted by atomic mass is 10.2. The molecule has 2 rings (SSSR count). The highest BCUT2D eigenvalue weighted by molar-refractivity contribution is 9.08. The highest BCUT2D eigenvalue weighted by atomic mass is 79.9. The van der Waals surface area contributed by atoms with E-state index in [1.807, 2.05) is 18.2 Å². The van der Waals surface area contributed by atoms with Gasteiger partial charge in [0.1, 0.15) is 5.01 Å². The fraction of sp³-hybridized carbons (Fsp3) is 0.111. The van der Waals surface area contributed by atoms with Crippen LogP contribution in [0.15, 0.2) is 18.2 Å². The molecular weight excluding hydrogens is 248 g/mol. The largest absolute Gasteiger partial charge is 0.240 e. The monoisotopic (exact) mass is 252 g/mol. The number of benzene rings is 1. The molecule has 1 heterocycles. The summed E-state index contributed by atoms with van der Waals surface area (Å²) in [5, 5.41) is 10.5. The molecule has 0 aliphatic rings. The number of halogens is 1. The SMILES string of the molecule is N#Cc1ccc2sc(CBr)nc2c1. The molecule has 0 bridgehead atoms. The molecule has 0 saturated heterocycles. The van der Waals surface area contributed by atoms with Gasteiger partial charge in [-0.25, -0.2) is 4.98 Å². The van der Waals surface area contributed by atoms with Crippen LogP contribution in [0.3, 0.4) is 0 Å². The maximum Gasteiger partial charge on any atom is 0.104 e. The molecule has 64 valence electrons. The van der Waals surface area contributed by atoms with Crippen LogP contribution in [-0.4, -0.2) is 4.98 Å². The summed E-state index contributed by atoms with van der Waals surface area (Å²) >= 11 is 5.00. The fourth-order valence-corrected chi connectivity index (χ4v) is 2.37. The first kappa shape index (κ1) is 8.67. The second kappa shape index (κ2) is 3.44. The van der Waals surface area contributed by atoms with Crippen molar-refractivity contribution in [3.8, 4) is 6.07 Å². The second-order valence-electron chi connectivity index (χ2n) is 2.54. The maximum atomic E-state index is 8.68. The van der Waals surface area contributed by atoms with E-state index in [-0.39, 0.29) is 0 Å². The Balaban J connectivity index is 2.65. The molecule has 0 fully saturated rings. The Morgan fingerprint density at radius 1 is 1.54 bits per heavy atom. The standard InChI is InChI=1S/C9H5BrN2S/c10-4-9-12-7-3-6(5-11)1-2-8(7)13-9/h1-3H,4H2. The molecule has 0 atom stereocenters. The Bertz CT molecular complexity index is 484. The zero-order valence-corrected chi connectivity index (χ0v) is 9.02. The van der Waals surface area contributed by atoms with Crippen LogP contribution in [0.2, 0.25) is 0 Å². The van der Waals surface area contributed by atoms with E-state index in [0.717, 1.165) is 20.6 Å². The smallest absolute Gasteiger partial charge is 0.104 e. The van der Waals surface area contributed by atoms with Gasteiger partial charge in [0.25, 0.3) is 0 Å². The van der Waals surface area contributed by atoms with Crippen molar-refractivity contribution < 1.29 is 0 Å². The van der Waals surface area contributed by atoms with Crippen LogP contribution >= 0.6 is 27.3 Å². The van der Waals surface area contributed by atoms with Crippen molar-refractivity contribution in [2.75, 3.05) is 0 Å². The number of nitrogens with zero attached hydrogens (tertiary/aromatic N) is 2. The van der Waals surface area contributed by atoms with Crippen molar-refractivity contribution in [2.24, 2.45) is 0 Å². The minimum absolute atomic E-state index is 0.666. The van der Waals surface area contributed by atoms with Gasteiger partial charge in [0.2, 0.25) is 0 Å². The van der Waals surface area contributed by atoms with E-state index in [0.29, 0.717) is 5.56 Å². The summed E-state index contributed by atoms with van der Waals surface area (Å²) in [6.45, 7) is 0. The predicted octanol–water partition coefficient (Wildman–Crippen LogP) is 3.06. The van der Waals surface area contributed by atoms with Gasteiger partial charge in [0.15, 0.2) is 0 Å². The van der Waals surface area contributed by atoms with Gasteiger partial charge in [-0.15, -0.1) is 11.3 Å². The van der Waals surface area contributed by atoms with Crippen LogP contribution in [0.5, 0.6) is 0 Å². The Morgan fingerprint density at radius 2 is 2.38 bits per heavy atom. The topological polar surface area (TPSA) is 36.7 Å². The molecular formula is C9H5BrN2S. The van der Waals surface area contributed by atoms with Crippen LogP contribution < -0.4 is 0 Å². The van der Waals surface area contributed by atoms with Crippen molar-refractivity contribution in [1.82, 2.24) is 4.98 Å². The number of fused-ring (bicyclic) bond motifs is 1. The van der Waals surface area contributed by atoms with Gasteiger partial charge in [-0.3, -0.25) is 0 Å². The fourth-order valence-electron chi connectivity index (χ4n) is 1.10. The average Bonchev–Trinajstić information content (AvgIpc) is 2.58. The number of aromatic nitrogens is 1. The molecule has 4 heteroatoms. The quantitative estimate of drug-likeness (QED) is 0.732. The molecule has 0 radical (unpaired) electrons. The van der Waals surface area contributed by atoms with E-state index in [1.165, 1.54) is 0 Å². The minimum Gasteiger partial charge on any atom is -0.240 e. The van der Waals surface area contributed by atoms with Gasteiger partial charge < -0.3 is 0 Å². The molecule has 0 unspecified atom stereocenters. The average molecular weight is 253 g/mol. The first-order valence-electron chi connectivity index (χ1n) is 3.69. The van der Waals surface area contributed by atoms with Crippen molar-refractivity contribution >= 4 is 37.5 Å². The van der Waals surface area contributed by atoms with E-state index < -0.39 is 0 Å². The third kappa shape index (κ3) is 1.58. The Kier molecular flexibility index (Phi) is 2.30. The zero-order valence-electron chi connectivity index (χ0n) is 6.62. The molecule has 13 heavy (non-hydrogen) atoms. The van der Waals surface area contributed by atoms with Gasteiger partial charge in [-0.05, 0) is 18.2 Å². The number of hydrogen-bond acceptors (Lipinski definition) is 3. The lowest BCUT2D eigenvalue weighted by molar-refractivity contribution is 1.32. The number of rotatable bonds is 1. The van der Waals surface area contributed by atoms with Crippen LogP contribution in [0.1, 0.15) is 10.6 Å². The van der Waals surface area contributed by atoms with Gasteiger partial charge in [0.05, 0.1) is 27.2 Å². The third-order valence-electron chi connectivity index (χ3n) is 1.68. The molecule has 0 aliphatic carbocycles. The second-order valence-corrected chi connectivity index (χ2v) is 4.21. The molecule has 0 saturated carbocycles. The predicted molar refractivity (Wildman–Crippen MR) is 57.0 cm³/mol. The highest BCUT2D eigenvalue weighted by Crippen LogP contribution is 2.24. The van der Waals surface area contributed by atoms with E-state index in [2.05, 4.69) is 27.0 Å². The number of thiazole rings is 1. The summed E-state index contributed by atoms with van der Waals surface area (Å²) in [6, 6.07) is 7.68. The Hall–Kier alpha value is -0.920. The van der Waals surface area contributed by atoms with Crippen molar-refractivity contribution in [3.63, 3.8) is 0 Å². The van der Waals surface area contributed by atoms with E-state index in [1.54, 1.807) is 11.3 Å². The van der Waals surface area contributed by atoms with Gasteiger partial charge in [-0.1, -0.05) is 15.9 Å². The summed E-state index contributed by atoms with van der Waals surface area (Å²) < 4.78 is 1.13. The number of alkyl halides is 1. The first-order chi connectivity index (χ1) is 6.33. The minimum atomic E-state index is 0.666. The highest BCUT2D eigenvalue weighted by Gasteiger charge is 2.02. The zero-order chi connectivity index (χ0) is 9.26. The molecule has 2 nitrogen and oxygen atoms in total. The summed E-state index contributed by atoms with van der Waals surface area (Å²) in [5.74, 6) is 0. The number of nitriles is 1. The lowest BCUT2D eigenvalue weighted by Gasteiger charge is -1.86. The van der Waals surface area contributed by atoms with Crippen LogP contribution in [0, 0.1) is 11.3 Å². The van der Waals surface area contributed by atoms with E-state index >= 15 is 0 Å². The normalized spacial score (nSPS) is 10.2. The molecule has 0 aliphatic heterocycles. The Labute approximate surface area is 88.0 Å². The van der Waals surface area contributed by atoms with Crippen molar-refractivity contribution in [2.45, 2.75) is 5.33 Å². The lowest BCUT2D eigenvalue weighted by Crippen LogP contribution is -1.74. The molecule has 0 N–H and O–H groups in total.